The maximum atomic E-state index is 6.27. The van der Waals surface area contributed by atoms with Crippen LogP contribution >= 0.6 is 68.0 Å². The van der Waals surface area contributed by atoms with E-state index < -0.39 is 0 Å². The summed E-state index contributed by atoms with van der Waals surface area (Å²) in [6, 6.07) is 140. The van der Waals surface area contributed by atoms with Crippen LogP contribution in [0, 0.1) is 0 Å². The molecule has 15 heteroatoms. The monoisotopic (exact) mass is 1780 g/mol. The maximum Gasteiger partial charge on any atom is 0.184 e. The number of hydrogen-bond acceptors (Lipinski definition) is 9. The van der Waals surface area contributed by atoms with Crippen molar-refractivity contribution < 1.29 is 0 Å². The van der Waals surface area contributed by atoms with E-state index in [-0.39, 0.29) is 0 Å². The lowest BCUT2D eigenvalue weighted by Crippen LogP contribution is -2.10. The number of rotatable bonds is 7. The van der Waals surface area contributed by atoms with Crippen LogP contribution in [0.3, 0.4) is 0 Å². The fourth-order valence-electron chi connectivity index (χ4n) is 22.7. The molecule has 0 unspecified atom stereocenters. The summed E-state index contributed by atoms with van der Waals surface area (Å²) in [6.45, 7) is 0. The van der Waals surface area contributed by atoms with E-state index in [1.54, 1.807) is 0 Å². The number of para-hydroxylation sites is 4. The van der Waals surface area contributed by atoms with Crippen LogP contribution in [-0.2, 0) is 0 Å². The van der Waals surface area contributed by atoms with Crippen LogP contribution in [0.2, 0.25) is 0 Å². The Morgan fingerprint density at radius 1 is 0.144 bits per heavy atom. The average molecular weight is 1790 g/mol. The van der Waals surface area contributed by atoms with Crippen molar-refractivity contribution in [1.29, 1.82) is 0 Å². The Kier molecular flexibility index (Phi) is 14.1. The van der Waals surface area contributed by atoms with Gasteiger partial charge in [-0.25, -0.2) is 4.98 Å². The Bertz CT molecular complexity index is 10900. The Hall–Kier alpha value is -15.7. The Balaban J connectivity index is 0.656. The molecule has 14 aromatic heterocycles. The Labute approximate surface area is 771 Å². The normalized spacial score (nSPS) is 12.7. The lowest BCUT2D eigenvalue weighted by atomic mass is 10.00. The van der Waals surface area contributed by atoms with E-state index >= 15 is 0 Å². The van der Waals surface area contributed by atoms with Crippen molar-refractivity contribution >= 4 is 320 Å². The molecule has 132 heavy (non-hydrogen) atoms. The molecule has 0 aliphatic carbocycles. The summed E-state index contributed by atoms with van der Waals surface area (Å²) < 4.78 is 29.7. The highest BCUT2D eigenvalue weighted by atomic mass is 32.1. The molecule has 0 aliphatic heterocycles. The Morgan fingerprint density at radius 2 is 0.402 bits per heavy atom. The molecule has 610 valence electrons. The van der Waals surface area contributed by atoms with E-state index in [0.717, 1.165) is 150 Å². The van der Waals surface area contributed by atoms with Gasteiger partial charge in [-0.05, 0) is 181 Å². The van der Waals surface area contributed by atoms with E-state index in [9.17, 15) is 0 Å². The van der Waals surface area contributed by atoms with Crippen LogP contribution < -0.4 is 0 Å². The molecule has 0 spiro atoms. The van der Waals surface area contributed by atoms with Gasteiger partial charge in [0, 0.05) is 192 Å². The van der Waals surface area contributed by atoms with Gasteiger partial charge in [0.05, 0.1) is 77.6 Å². The average Bonchev–Trinajstić information content (AvgIpc) is 1.55. The van der Waals surface area contributed by atoms with E-state index in [0.29, 0.717) is 0 Å². The van der Waals surface area contributed by atoms with E-state index in [2.05, 4.69) is 397 Å². The van der Waals surface area contributed by atoms with E-state index in [1.165, 1.54) is 148 Å². The second-order valence-corrected chi connectivity index (χ2v) is 41.8. The van der Waals surface area contributed by atoms with Gasteiger partial charge in [-0.3, -0.25) is 18.3 Å². The summed E-state index contributed by atoms with van der Waals surface area (Å²) in [6.07, 6.45) is 0. The zero-order chi connectivity index (χ0) is 85.3. The number of nitrogens with zero attached hydrogens (tertiary/aromatic N) is 9. The molecule has 0 N–H and O–H groups in total. The standard InChI is InChI=1S/C117H61N9S6/c1-11-31-88-64(21-1)76-49-82-68-25-5-15-35-102(68)129-110(82)57-97(76)123(88)114-46-45-94(116(118-114)125-90-33-13-3-23-66(90)78-51-84-70-27-7-17-37-104(70)131-112(84)59-99(78)125)121-92-43-41-62(47-74(92)80-53-86-72-29-9-19-39-106(72)127-108(86)55-95(80)121)63-42-44-93-75(48-63)81-54-87-73-30-10-20-40-107(73)128-109(87)56-96(81)122(93)101-61-115(124-89-32-12-2-22-65(89)77-50-83-69-26-6-16-36-103(69)130-111(83)58-98(77)124)119-120-117(101)126-91-34-14-4-24-67(91)79-52-85-71-28-8-18-38-105(71)132-113(85)60-100(79)126/h1-61H. The molecule has 0 radical (unpaired) electrons. The predicted molar refractivity (Wildman–Crippen MR) is 569 cm³/mol. The molecule has 14 heterocycles. The van der Waals surface area contributed by atoms with Crippen LogP contribution in [0.25, 0.3) is 298 Å². The molecule has 0 fully saturated rings. The summed E-state index contributed by atoms with van der Waals surface area (Å²) >= 11 is 11.1. The second kappa shape index (κ2) is 26.1. The fourth-order valence-corrected chi connectivity index (χ4v) is 29.5. The van der Waals surface area contributed by atoms with Crippen LogP contribution in [0.5, 0.6) is 0 Å². The summed E-state index contributed by atoms with van der Waals surface area (Å²) in [5.41, 5.74) is 17.1. The molecule has 32 rings (SSSR count). The SMILES string of the molecule is c1ccc2c(c1)sc1cc3c(cc12)c1ccccc1n3-c1cc(-n2c3ccc(-c4ccc5c(c4)c4cc6c(cc4n5-c4ccc(-n5c7ccccc7c7cc8c(cc75)sc5ccccc58)nc4-n4c5ccccc5c5cc7c(cc54)sc4ccccc47)sc4ccccc46)cc3c3cc4c(cc32)sc2ccccc24)c(-n2c3ccccc3c3cc4c(cc32)sc2ccccc24)nn1. The summed E-state index contributed by atoms with van der Waals surface area (Å²) in [5, 5.41) is 40.4. The lowest BCUT2D eigenvalue weighted by Gasteiger charge is -2.18. The first-order chi connectivity index (χ1) is 65.4. The topological polar surface area (TPSA) is 68.2 Å². The minimum atomic E-state index is 0.724. The van der Waals surface area contributed by atoms with Crippen LogP contribution in [-0.4, -0.2) is 42.6 Å². The van der Waals surface area contributed by atoms with Crippen LogP contribution in [0.4, 0.5) is 0 Å². The van der Waals surface area contributed by atoms with Crippen molar-refractivity contribution in [1.82, 2.24) is 42.6 Å². The molecule has 0 aliphatic rings. The van der Waals surface area contributed by atoms with Gasteiger partial charge >= 0.3 is 0 Å². The van der Waals surface area contributed by atoms with Gasteiger partial charge in [0.1, 0.15) is 5.82 Å². The van der Waals surface area contributed by atoms with Crippen molar-refractivity contribution in [3.63, 3.8) is 0 Å². The van der Waals surface area contributed by atoms with Gasteiger partial charge in [-0.15, -0.1) is 78.2 Å². The zero-order valence-corrected chi connectivity index (χ0v) is 74.6. The van der Waals surface area contributed by atoms with Crippen molar-refractivity contribution in [3.8, 4) is 45.8 Å². The number of thiophene rings is 6. The first-order valence-electron chi connectivity index (χ1n) is 44.5. The molecule has 0 bridgehead atoms. The third-order valence-electron chi connectivity index (χ3n) is 28.5. The van der Waals surface area contributed by atoms with Gasteiger partial charge in [-0.2, -0.15) is 0 Å². The molecule has 32 aromatic rings. The summed E-state index contributed by atoms with van der Waals surface area (Å²) in [5.74, 6) is 3.12. The van der Waals surface area contributed by atoms with Crippen LogP contribution in [0.1, 0.15) is 0 Å². The predicted octanol–water partition coefficient (Wildman–Crippen LogP) is 34.3. The van der Waals surface area contributed by atoms with Crippen molar-refractivity contribution in [2.24, 2.45) is 0 Å². The largest absolute Gasteiger partial charge is 0.306 e. The number of pyridine rings is 1. The van der Waals surface area contributed by atoms with Crippen LogP contribution in [0.15, 0.2) is 370 Å². The second-order valence-electron chi connectivity index (χ2n) is 35.3. The van der Waals surface area contributed by atoms with Gasteiger partial charge in [-0.1, -0.05) is 194 Å². The van der Waals surface area contributed by atoms with Crippen molar-refractivity contribution in [2.75, 3.05) is 0 Å². The molecule has 18 aromatic carbocycles. The number of hydrogen-bond donors (Lipinski definition) is 0. The molecule has 0 atom stereocenters. The highest BCUT2D eigenvalue weighted by Gasteiger charge is 2.31. The van der Waals surface area contributed by atoms with Gasteiger partial charge < -0.3 is 9.13 Å². The highest BCUT2D eigenvalue weighted by Crippen LogP contribution is 2.52. The van der Waals surface area contributed by atoms with Crippen molar-refractivity contribution in [3.05, 3.63) is 370 Å². The highest BCUT2D eigenvalue weighted by molar-refractivity contribution is 7.28. The van der Waals surface area contributed by atoms with Gasteiger partial charge in [0.2, 0.25) is 0 Å². The molecule has 0 saturated carbocycles. The maximum absolute atomic E-state index is 6.27. The summed E-state index contributed by atoms with van der Waals surface area (Å²) in [4.78, 5) is 6.27. The molecule has 0 amide bonds. The van der Waals surface area contributed by atoms with Gasteiger partial charge in [0.15, 0.2) is 17.5 Å². The quantitative estimate of drug-likeness (QED) is 0.160. The minimum Gasteiger partial charge on any atom is -0.306 e. The number of benzene rings is 18. The molecular formula is C117H61N9S6. The minimum absolute atomic E-state index is 0.724. The molecular weight excluding hydrogens is 1720 g/mol. The van der Waals surface area contributed by atoms with Crippen molar-refractivity contribution in [2.45, 2.75) is 0 Å². The van der Waals surface area contributed by atoms with E-state index in [1.807, 2.05) is 68.0 Å². The first-order valence-corrected chi connectivity index (χ1v) is 49.4. The third-order valence-corrected chi connectivity index (χ3v) is 35.3. The molecule has 9 nitrogen and oxygen atoms in total. The zero-order valence-electron chi connectivity index (χ0n) is 69.7. The van der Waals surface area contributed by atoms with E-state index in [4.69, 9.17) is 15.2 Å². The Morgan fingerprint density at radius 3 is 0.750 bits per heavy atom. The fraction of sp³-hybridized carbons (Fsp3) is 0. The third kappa shape index (κ3) is 9.63. The molecule has 0 saturated heterocycles. The van der Waals surface area contributed by atoms with Gasteiger partial charge in [0.25, 0.3) is 0 Å². The lowest BCUT2D eigenvalue weighted by molar-refractivity contribution is 0.891. The first kappa shape index (κ1) is 71.3. The summed E-state index contributed by atoms with van der Waals surface area (Å²) in [7, 11) is 0. The smallest absolute Gasteiger partial charge is 0.184 e. The number of fused-ring (bicyclic) bond motifs is 36. The number of aromatic nitrogens is 9.